The van der Waals surface area contributed by atoms with Gasteiger partial charge in [-0.05, 0) is 0 Å². The van der Waals surface area contributed by atoms with Gasteiger partial charge in [0, 0.05) is 0 Å². The zero-order chi connectivity index (χ0) is 18.2. The first-order valence-electron chi connectivity index (χ1n) is 8.97. The second-order valence-electron chi connectivity index (χ2n) is 3.89. The second-order valence-corrected chi connectivity index (χ2v) is 6.23. The summed E-state index contributed by atoms with van der Waals surface area (Å²) in [5, 5.41) is 0. The van der Waals surface area contributed by atoms with E-state index in [0.717, 1.165) is 5.56 Å². The molecular weight excluding hydrogens is 267 g/mol. The molecule has 0 N–H and O–H groups in total. The second kappa shape index (κ2) is 5.50. The molecule has 1 aromatic heterocycles. The van der Waals surface area contributed by atoms with E-state index in [1.807, 2.05) is 30.3 Å². The van der Waals surface area contributed by atoms with E-state index in [-0.39, 0.29) is 5.56 Å². The van der Waals surface area contributed by atoms with Gasteiger partial charge in [-0.25, -0.2) is 0 Å². The number of pyridine rings is 1. The summed E-state index contributed by atoms with van der Waals surface area (Å²) in [5.41, 5.74) is -0.479. The van der Waals surface area contributed by atoms with E-state index in [9.17, 15) is 0 Å². The first-order valence-corrected chi connectivity index (χ1v) is 8.43. The van der Waals surface area contributed by atoms with Crippen LogP contribution in [0.2, 0.25) is 5.68 Å². The molecule has 0 amide bonds. The van der Waals surface area contributed by atoms with Gasteiger partial charge in [0.05, 0.1) is 0 Å². The SMILES string of the molecule is [2H][C]([2H])([2H])[GeH2][c]1cnc(-c2ccccc2)cc1C([2H])(C)C([2H])([2H])[2H]. The van der Waals surface area contributed by atoms with E-state index in [1.54, 1.807) is 6.07 Å². The molecule has 2 rings (SSSR count). The third kappa shape index (κ3) is 2.78. The summed E-state index contributed by atoms with van der Waals surface area (Å²) in [6.45, 7) is -1.25. The zero-order valence-electron chi connectivity index (χ0n) is 16.7. The van der Waals surface area contributed by atoms with Crippen molar-refractivity contribution in [3.05, 3.63) is 48.2 Å². The molecule has 0 aliphatic carbocycles. The van der Waals surface area contributed by atoms with E-state index in [0.29, 0.717) is 10.1 Å². The van der Waals surface area contributed by atoms with E-state index in [1.165, 1.54) is 13.1 Å². The van der Waals surface area contributed by atoms with Gasteiger partial charge < -0.3 is 0 Å². The van der Waals surface area contributed by atoms with Crippen molar-refractivity contribution in [1.82, 2.24) is 4.98 Å². The summed E-state index contributed by atoms with van der Waals surface area (Å²) in [4.78, 5) is 4.32. The molecule has 0 saturated heterocycles. The molecule has 17 heavy (non-hydrogen) atoms. The molecule has 2 heteroatoms. The fraction of sp³-hybridized carbons (Fsp3) is 0.267. The van der Waals surface area contributed by atoms with Crippen LogP contribution < -0.4 is 4.40 Å². The van der Waals surface area contributed by atoms with E-state index in [4.69, 9.17) is 9.60 Å². The summed E-state index contributed by atoms with van der Waals surface area (Å²) in [5.74, 6) is -1.88. The summed E-state index contributed by atoms with van der Waals surface area (Å²) in [7, 11) is 0. The number of rotatable bonds is 3. The Morgan fingerprint density at radius 3 is 2.88 bits per heavy atom. The molecule has 1 heterocycles. The van der Waals surface area contributed by atoms with Gasteiger partial charge in [0.25, 0.3) is 0 Å². The van der Waals surface area contributed by atoms with Gasteiger partial charge in [0.15, 0.2) is 0 Å². The average molecular weight is 293 g/mol. The number of benzene rings is 1. The van der Waals surface area contributed by atoms with Crippen molar-refractivity contribution in [2.45, 2.75) is 25.4 Å². The normalized spacial score (nSPS) is 22.5. The van der Waals surface area contributed by atoms with Crippen LogP contribution in [-0.2, 0) is 0 Å². The third-order valence-corrected chi connectivity index (χ3v) is 4.63. The summed E-state index contributed by atoms with van der Waals surface area (Å²) >= 11 is -2.27. The third-order valence-electron chi connectivity index (χ3n) is 2.65. The molecule has 0 spiro atoms. The fourth-order valence-electron chi connectivity index (χ4n) is 1.74. The van der Waals surface area contributed by atoms with Crippen molar-refractivity contribution in [3.8, 4) is 11.3 Å². The maximum absolute atomic E-state index is 8.38. The summed E-state index contributed by atoms with van der Waals surface area (Å²) < 4.78 is 54.5. The molecule has 1 nitrogen and oxygen atoms in total. The van der Waals surface area contributed by atoms with Crippen LogP contribution in [-0.4, -0.2) is 20.4 Å². The Morgan fingerprint density at radius 1 is 1.35 bits per heavy atom. The fourth-order valence-corrected chi connectivity index (χ4v) is 3.29. The molecule has 1 atom stereocenters. The first-order chi connectivity index (χ1) is 10.9. The van der Waals surface area contributed by atoms with Crippen LogP contribution in [0.1, 0.15) is 34.8 Å². The van der Waals surface area contributed by atoms with Crippen LogP contribution in [0, 0.1) is 0 Å². The van der Waals surface area contributed by atoms with Crippen LogP contribution in [0.15, 0.2) is 42.6 Å². The van der Waals surface area contributed by atoms with Crippen LogP contribution in [0.25, 0.3) is 11.3 Å². The molecule has 88 valence electrons. The Bertz CT molecular complexity index is 708. The van der Waals surface area contributed by atoms with Gasteiger partial charge in [0.2, 0.25) is 0 Å². The Kier molecular flexibility index (Phi) is 2.00. The summed E-state index contributed by atoms with van der Waals surface area (Å²) in [6, 6.07) is 10.8. The van der Waals surface area contributed by atoms with E-state index >= 15 is 0 Å². The topological polar surface area (TPSA) is 12.9 Å². The van der Waals surface area contributed by atoms with Crippen LogP contribution in [0.3, 0.4) is 0 Å². The molecule has 0 bridgehead atoms. The van der Waals surface area contributed by atoms with E-state index < -0.39 is 33.9 Å². The zero-order valence-corrected chi connectivity index (χ0v) is 12.7. The number of hydrogen-bond donors (Lipinski definition) is 0. The van der Waals surface area contributed by atoms with Gasteiger partial charge in [0.1, 0.15) is 0 Å². The van der Waals surface area contributed by atoms with Gasteiger partial charge in [-0.2, -0.15) is 0 Å². The van der Waals surface area contributed by atoms with Crippen LogP contribution >= 0.6 is 0 Å². The Balaban J connectivity index is 2.62. The van der Waals surface area contributed by atoms with Gasteiger partial charge in [-0.3, -0.25) is 0 Å². The predicted molar refractivity (Wildman–Crippen MR) is 77.8 cm³/mol. The molecule has 1 aromatic carbocycles. The molecule has 1 unspecified atom stereocenters. The van der Waals surface area contributed by atoms with Crippen molar-refractivity contribution in [2.24, 2.45) is 0 Å². The number of aromatic nitrogens is 1. The van der Waals surface area contributed by atoms with Crippen molar-refractivity contribution in [2.75, 3.05) is 0 Å². The monoisotopic (exact) mass is 294 g/mol. The quantitative estimate of drug-likeness (QED) is 0.793. The van der Waals surface area contributed by atoms with Crippen molar-refractivity contribution < 1.29 is 9.60 Å². The van der Waals surface area contributed by atoms with Gasteiger partial charge in [-0.1, -0.05) is 0 Å². The van der Waals surface area contributed by atoms with Crippen molar-refractivity contribution >= 4 is 19.8 Å². The molecular formula is C15H19GeN. The van der Waals surface area contributed by atoms with Crippen LogP contribution in [0.4, 0.5) is 0 Å². The first kappa shape index (κ1) is 6.19. The molecule has 0 radical (unpaired) electrons. The maximum atomic E-state index is 8.38. The standard InChI is InChI=1S/C15H19GeN/c1-11(2)13-9-15(17-10-14(13)16-3)12-7-5-4-6-8-12/h4-11H,16H2,1-3H3/i1D3,3D3,11D. The van der Waals surface area contributed by atoms with Gasteiger partial charge >= 0.3 is 119 Å². The number of hydrogen-bond acceptors (Lipinski definition) is 1. The molecule has 0 saturated carbocycles. The summed E-state index contributed by atoms with van der Waals surface area (Å²) in [6.07, 6.45) is 1.46. The Hall–Kier alpha value is -1.09. The van der Waals surface area contributed by atoms with Crippen LogP contribution in [0.5, 0.6) is 0 Å². The minimum atomic E-state index is -2.56. The van der Waals surface area contributed by atoms with Crippen molar-refractivity contribution in [1.29, 1.82) is 0 Å². The molecule has 0 aliphatic rings. The molecule has 2 aromatic rings. The Morgan fingerprint density at radius 2 is 2.18 bits per heavy atom. The molecule has 0 aliphatic heterocycles. The van der Waals surface area contributed by atoms with E-state index in [2.05, 4.69) is 4.98 Å². The predicted octanol–water partition coefficient (Wildman–Crippen LogP) is 2.71. The molecule has 0 fully saturated rings. The van der Waals surface area contributed by atoms with Gasteiger partial charge in [-0.15, -0.1) is 0 Å². The number of nitrogens with zero attached hydrogens (tertiary/aromatic N) is 1. The minimum absolute atomic E-state index is 0.257. The average Bonchev–Trinajstić information content (AvgIpc) is 2.45. The van der Waals surface area contributed by atoms with Crippen molar-refractivity contribution in [3.63, 3.8) is 0 Å². The Labute approximate surface area is 120 Å².